The zero-order chi connectivity index (χ0) is 28.9. The van der Waals surface area contributed by atoms with Crippen LogP contribution < -0.4 is 4.74 Å². The fourth-order valence-electron chi connectivity index (χ4n) is 4.04. The molecule has 1 aromatic rings. The van der Waals surface area contributed by atoms with Crippen molar-refractivity contribution in [3.8, 4) is 5.75 Å². The van der Waals surface area contributed by atoms with Gasteiger partial charge in [0.2, 0.25) is 0 Å². The third-order valence-electron chi connectivity index (χ3n) is 5.47. The predicted molar refractivity (Wildman–Crippen MR) is 140 cm³/mol. The molecule has 0 bridgehead atoms. The van der Waals surface area contributed by atoms with Crippen LogP contribution in [0.25, 0.3) is 6.08 Å². The zero-order valence-corrected chi connectivity index (χ0v) is 23.4. The van der Waals surface area contributed by atoms with E-state index in [1.807, 2.05) is 0 Å². The van der Waals surface area contributed by atoms with Crippen LogP contribution in [0, 0.1) is 0 Å². The molecule has 0 spiro atoms. The number of amides is 1. The summed E-state index contributed by atoms with van der Waals surface area (Å²) in [6.07, 6.45) is -5.31. The van der Waals surface area contributed by atoms with Crippen LogP contribution in [0.3, 0.4) is 0 Å². The van der Waals surface area contributed by atoms with Crippen molar-refractivity contribution in [1.82, 2.24) is 4.90 Å². The second kappa shape index (κ2) is 13.0. The maximum atomic E-state index is 13.6. The average Bonchev–Trinajstić information content (AvgIpc) is 3.12. The molecule has 0 aliphatic carbocycles. The molecule has 12 nitrogen and oxygen atoms in total. The van der Waals surface area contributed by atoms with Gasteiger partial charge < -0.3 is 28.4 Å². The van der Waals surface area contributed by atoms with Crippen LogP contribution in [-0.4, -0.2) is 83.4 Å². The number of carbonyl (C=O) groups is 5. The summed E-state index contributed by atoms with van der Waals surface area (Å²) in [5.74, 6) is -3.07. The van der Waals surface area contributed by atoms with Gasteiger partial charge in [0.15, 0.2) is 28.9 Å². The van der Waals surface area contributed by atoms with E-state index in [9.17, 15) is 24.0 Å². The number of thioether (sulfide) groups is 1. The van der Waals surface area contributed by atoms with E-state index >= 15 is 0 Å². The minimum Gasteiger partial charge on any atom is -0.496 e. The highest BCUT2D eigenvalue weighted by atomic mass is 32.2. The first-order valence-electron chi connectivity index (χ1n) is 11.6. The normalized spacial score (nSPS) is 25.7. The molecule has 210 valence electrons. The molecule has 0 aromatic heterocycles. The smallest absolute Gasteiger partial charge is 0.303 e. The van der Waals surface area contributed by atoms with E-state index in [1.165, 1.54) is 7.11 Å². The van der Waals surface area contributed by atoms with Crippen LogP contribution >= 0.6 is 24.0 Å². The Labute approximate surface area is 233 Å². The zero-order valence-electron chi connectivity index (χ0n) is 21.7. The number of thiocarbonyl (C=S) groups is 1. The van der Waals surface area contributed by atoms with E-state index in [-0.39, 0.29) is 9.23 Å². The Kier molecular flexibility index (Phi) is 10.1. The Morgan fingerprint density at radius 1 is 0.949 bits per heavy atom. The van der Waals surface area contributed by atoms with Crippen LogP contribution in [0.2, 0.25) is 0 Å². The number of ether oxygens (including phenoxy) is 6. The maximum Gasteiger partial charge on any atom is 0.303 e. The highest BCUT2D eigenvalue weighted by Gasteiger charge is 2.56. The first-order valence-corrected chi connectivity index (χ1v) is 12.9. The molecule has 2 saturated heterocycles. The van der Waals surface area contributed by atoms with Crippen molar-refractivity contribution >= 4 is 64.2 Å². The number of hydrogen-bond acceptors (Lipinski definition) is 13. The molecule has 1 amide bonds. The van der Waals surface area contributed by atoms with E-state index in [1.54, 1.807) is 30.3 Å². The Hall–Kier alpha value is -3.49. The summed E-state index contributed by atoms with van der Waals surface area (Å²) in [4.78, 5) is 62.6. The lowest BCUT2D eigenvalue weighted by molar-refractivity contribution is -0.268. The number of nitrogens with zero attached hydrogens (tertiary/aromatic N) is 1. The summed E-state index contributed by atoms with van der Waals surface area (Å²) in [6.45, 7) is 4.07. The molecular weight excluding hydrogens is 554 g/mol. The maximum absolute atomic E-state index is 13.6. The van der Waals surface area contributed by atoms with Gasteiger partial charge in [-0.2, -0.15) is 0 Å². The minimum atomic E-state index is -1.46. The molecular formula is C25H27NO11S2. The van der Waals surface area contributed by atoms with E-state index in [0.29, 0.717) is 11.3 Å². The van der Waals surface area contributed by atoms with Crippen LogP contribution in [0.15, 0.2) is 29.2 Å². The third-order valence-corrected chi connectivity index (χ3v) is 6.80. The van der Waals surface area contributed by atoms with Crippen molar-refractivity contribution in [2.24, 2.45) is 0 Å². The number of hydrogen-bond donors (Lipinski definition) is 0. The molecule has 3 rings (SSSR count). The summed E-state index contributed by atoms with van der Waals surface area (Å²) in [5, 5.41) is 0. The largest absolute Gasteiger partial charge is 0.496 e. The molecule has 2 fully saturated rings. The van der Waals surface area contributed by atoms with Gasteiger partial charge in [0, 0.05) is 33.3 Å². The van der Waals surface area contributed by atoms with Gasteiger partial charge in [-0.15, -0.1) is 0 Å². The van der Waals surface area contributed by atoms with Crippen LogP contribution in [0.4, 0.5) is 0 Å². The molecule has 2 aliphatic heterocycles. The summed E-state index contributed by atoms with van der Waals surface area (Å²) >= 11 is 6.46. The summed E-state index contributed by atoms with van der Waals surface area (Å²) in [5.41, 5.74) is 0.613. The van der Waals surface area contributed by atoms with Crippen LogP contribution in [-0.2, 0) is 47.7 Å². The number of esters is 4. The Morgan fingerprint density at radius 3 is 2.13 bits per heavy atom. The van der Waals surface area contributed by atoms with Crippen LogP contribution in [0.1, 0.15) is 33.3 Å². The number of para-hydroxylation sites is 1. The molecule has 14 heteroatoms. The Bertz CT molecular complexity index is 1200. The van der Waals surface area contributed by atoms with Gasteiger partial charge in [0.1, 0.15) is 18.5 Å². The SMILES string of the molecule is COc1ccccc1/C=C1/SC(=S)N(C2OC(COC(C)=O)C(OC(C)=O)C(OC(C)=O)C2OC(C)=O)C1=O. The molecule has 39 heavy (non-hydrogen) atoms. The first-order chi connectivity index (χ1) is 18.4. The van der Waals surface area contributed by atoms with Crippen molar-refractivity contribution in [2.45, 2.75) is 58.3 Å². The van der Waals surface area contributed by atoms with Crippen LogP contribution in [0.5, 0.6) is 5.75 Å². The number of carbonyl (C=O) groups excluding carboxylic acids is 5. The molecule has 1 aromatic carbocycles. The Morgan fingerprint density at radius 2 is 1.54 bits per heavy atom. The Balaban J connectivity index is 2.07. The lowest BCUT2D eigenvalue weighted by Gasteiger charge is -2.46. The van der Waals surface area contributed by atoms with E-state index in [0.717, 1.165) is 44.4 Å². The molecule has 5 unspecified atom stereocenters. The highest BCUT2D eigenvalue weighted by Crippen LogP contribution is 2.40. The number of benzene rings is 1. The van der Waals surface area contributed by atoms with Gasteiger partial charge in [0.25, 0.3) is 5.91 Å². The topological polar surface area (TPSA) is 144 Å². The molecule has 0 saturated carbocycles. The van der Waals surface area contributed by atoms with Crippen molar-refractivity contribution in [3.05, 3.63) is 34.7 Å². The monoisotopic (exact) mass is 581 g/mol. The van der Waals surface area contributed by atoms with Gasteiger partial charge in [0.05, 0.1) is 12.0 Å². The molecule has 2 aliphatic rings. The van der Waals surface area contributed by atoms with Crippen molar-refractivity contribution < 1.29 is 52.4 Å². The van der Waals surface area contributed by atoms with E-state index in [2.05, 4.69) is 0 Å². The average molecular weight is 582 g/mol. The van der Waals surface area contributed by atoms with E-state index < -0.39 is 67.0 Å². The van der Waals surface area contributed by atoms with Crippen molar-refractivity contribution in [2.75, 3.05) is 13.7 Å². The number of methoxy groups -OCH3 is 1. The highest BCUT2D eigenvalue weighted by molar-refractivity contribution is 8.26. The minimum absolute atomic E-state index is 0.0575. The summed E-state index contributed by atoms with van der Waals surface area (Å²) < 4.78 is 32.8. The molecule has 5 atom stereocenters. The summed E-state index contributed by atoms with van der Waals surface area (Å²) in [6, 6.07) is 7.03. The second-order valence-electron chi connectivity index (χ2n) is 8.38. The van der Waals surface area contributed by atoms with Gasteiger partial charge in [-0.25, -0.2) is 0 Å². The quantitative estimate of drug-likeness (QED) is 0.191. The van der Waals surface area contributed by atoms with Gasteiger partial charge in [-0.05, 0) is 12.1 Å². The third kappa shape index (κ3) is 7.34. The van der Waals surface area contributed by atoms with Gasteiger partial charge in [-0.1, -0.05) is 42.2 Å². The fourth-order valence-corrected chi connectivity index (χ4v) is 5.34. The molecule has 2 heterocycles. The van der Waals surface area contributed by atoms with E-state index in [4.69, 9.17) is 40.6 Å². The summed E-state index contributed by atoms with van der Waals surface area (Å²) in [7, 11) is 1.50. The molecule has 0 radical (unpaired) electrons. The molecule has 0 N–H and O–H groups in total. The fraction of sp³-hybridized carbons (Fsp3) is 0.440. The predicted octanol–water partition coefficient (Wildman–Crippen LogP) is 1.98. The standard InChI is InChI=1S/C25H27NO11S2/c1-12(27)33-11-18-20(34-13(2)28)21(35-14(3)29)22(36-15(4)30)24(37-18)26-23(31)19(39-25(26)38)10-16-8-6-7-9-17(16)32-5/h6-10,18,20-22,24H,11H2,1-5H3/b19-10+. The lowest BCUT2D eigenvalue weighted by atomic mass is 9.96. The second-order valence-corrected chi connectivity index (χ2v) is 10.1. The van der Waals surface area contributed by atoms with Gasteiger partial charge >= 0.3 is 23.9 Å². The lowest BCUT2D eigenvalue weighted by Crippen LogP contribution is -2.66. The van der Waals surface area contributed by atoms with Crippen molar-refractivity contribution in [1.29, 1.82) is 0 Å². The number of rotatable bonds is 8. The van der Waals surface area contributed by atoms with Crippen molar-refractivity contribution in [3.63, 3.8) is 0 Å². The van der Waals surface area contributed by atoms with Gasteiger partial charge in [-0.3, -0.25) is 28.9 Å². The first kappa shape index (κ1) is 30.1.